The normalized spacial score (nSPS) is 10.4. The lowest BCUT2D eigenvalue weighted by molar-refractivity contribution is -0.137. The topological polar surface area (TPSA) is 70.1 Å². The molecule has 0 atom stereocenters. The maximum Gasteiger partial charge on any atom is 0.323 e. The molecule has 1 aromatic rings. The number of carboxylic acids is 1. The van der Waals surface area contributed by atoms with Crippen molar-refractivity contribution in [1.82, 2.24) is 9.80 Å². The van der Waals surface area contributed by atoms with Crippen LogP contribution in [0.5, 0.6) is 5.75 Å². The van der Waals surface area contributed by atoms with E-state index in [0.717, 1.165) is 0 Å². The number of rotatable bonds is 7. The van der Waals surface area contributed by atoms with Gasteiger partial charge < -0.3 is 19.6 Å². The van der Waals surface area contributed by atoms with Gasteiger partial charge in [0.25, 0.3) is 5.91 Å². The van der Waals surface area contributed by atoms with Gasteiger partial charge in [-0.3, -0.25) is 9.59 Å². The predicted octanol–water partition coefficient (Wildman–Crippen LogP) is 0.784. The molecule has 6 nitrogen and oxygen atoms in total. The second-order valence-corrected chi connectivity index (χ2v) is 4.66. The van der Waals surface area contributed by atoms with Crippen LogP contribution in [0.25, 0.3) is 0 Å². The average molecular weight is 280 g/mol. The highest BCUT2D eigenvalue weighted by molar-refractivity contribution is 5.96. The van der Waals surface area contributed by atoms with E-state index in [1.165, 1.54) is 12.0 Å². The Kier molecular flexibility index (Phi) is 5.99. The van der Waals surface area contributed by atoms with E-state index in [0.29, 0.717) is 24.4 Å². The predicted molar refractivity (Wildman–Crippen MR) is 75.1 cm³/mol. The monoisotopic (exact) mass is 280 g/mol. The second-order valence-electron chi connectivity index (χ2n) is 4.66. The van der Waals surface area contributed by atoms with E-state index in [-0.39, 0.29) is 12.5 Å². The van der Waals surface area contributed by atoms with Crippen molar-refractivity contribution >= 4 is 11.9 Å². The Balaban J connectivity index is 2.87. The molecule has 110 valence electrons. The lowest BCUT2D eigenvalue weighted by atomic mass is 10.2. The van der Waals surface area contributed by atoms with Gasteiger partial charge in [-0.25, -0.2) is 0 Å². The summed E-state index contributed by atoms with van der Waals surface area (Å²) >= 11 is 0. The Hall–Kier alpha value is -2.08. The Bertz CT molecular complexity index is 474. The summed E-state index contributed by atoms with van der Waals surface area (Å²) < 4.78 is 5.07. The number of benzene rings is 1. The van der Waals surface area contributed by atoms with E-state index >= 15 is 0 Å². The van der Waals surface area contributed by atoms with Gasteiger partial charge in [-0.05, 0) is 32.3 Å². The molecule has 1 rings (SSSR count). The van der Waals surface area contributed by atoms with Crippen molar-refractivity contribution in [3.05, 3.63) is 29.8 Å². The number of methoxy groups -OCH3 is 1. The van der Waals surface area contributed by atoms with E-state index < -0.39 is 5.97 Å². The molecule has 0 saturated carbocycles. The third-order valence-electron chi connectivity index (χ3n) is 2.75. The Morgan fingerprint density at radius 3 is 2.50 bits per heavy atom. The maximum atomic E-state index is 12.3. The average Bonchev–Trinajstić information content (AvgIpc) is 2.42. The van der Waals surface area contributed by atoms with Crippen LogP contribution in [-0.2, 0) is 4.79 Å². The third-order valence-corrected chi connectivity index (χ3v) is 2.75. The van der Waals surface area contributed by atoms with Crippen LogP contribution >= 0.6 is 0 Å². The minimum Gasteiger partial charge on any atom is -0.497 e. The minimum atomic E-state index is -1.03. The summed E-state index contributed by atoms with van der Waals surface area (Å²) in [5, 5.41) is 8.91. The summed E-state index contributed by atoms with van der Waals surface area (Å²) in [4.78, 5) is 26.4. The number of likely N-dealkylation sites (N-methyl/N-ethyl adjacent to an activating group) is 1. The number of ether oxygens (including phenoxy) is 1. The first-order valence-electron chi connectivity index (χ1n) is 6.24. The molecule has 0 aromatic heterocycles. The van der Waals surface area contributed by atoms with Crippen molar-refractivity contribution in [1.29, 1.82) is 0 Å². The van der Waals surface area contributed by atoms with Crippen LogP contribution in [-0.4, -0.2) is 67.6 Å². The summed E-state index contributed by atoms with van der Waals surface area (Å²) in [6, 6.07) is 6.69. The molecule has 0 aliphatic heterocycles. The summed E-state index contributed by atoms with van der Waals surface area (Å²) in [5.41, 5.74) is 0.421. The first-order valence-corrected chi connectivity index (χ1v) is 6.24. The molecule has 20 heavy (non-hydrogen) atoms. The molecule has 1 N–H and O–H groups in total. The molecule has 1 amide bonds. The fraction of sp³-hybridized carbons (Fsp3) is 0.429. The van der Waals surface area contributed by atoms with E-state index in [1.807, 2.05) is 19.0 Å². The lowest BCUT2D eigenvalue weighted by Crippen LogP contribution is -2.40. The first kappa shape index (κ1) is 16.0. The van der Waals surface area contributed by atoms with Gasteiger partial charge in [0.15, 0.2) is 0 Å². The number of carbonyl (C=O) groups excluding carboxylic acids is 1. The third kappa shape index (κ3) is 4.89. The van der Waals surface area contributed by atoms with Crippen LogP contribution in [0.3, 0.4) is 0 Å². The smallest absolute Gasteiger partial charge is 0.323 e. The molecule has 0 unspecified atom stereocenters. The molecule has 0 aliphatic rings. The number of amides is 1. The summed E-state index contributed by atoms with van der Waals surface area (Å²) in [6.45, 7) is 0.641. The van der Waals surface area contributed by atoms with E-state index in [2.05, 4.69) is 0 Å². The van der Waals surface area contributed by atoms with Gasteiger partial charge >= 0.3 is 5.97 Å². The van der Waals surface area contributed by atoms with Gasteiger partial charge in [0.05, 0.1) is 7.11 Å². The van der Waals surface area contributed by atoms with E-state index in [1.54, 1.807) is 24.3 Å². The van der Waals surface area contributed by atoms with Gasteiger partial charge in [0.1, 0.15) is 12.3 Å². The maximum absolute atomic E-state index is 12.3. The lowest BCUT2D eigenvalue weighted by Gasteiger charge is -2.22. The summed E-state index contributed by atoms with van der Waals surface area (Å²) in [5.74, 6) is -0.771. The Labute approximate surface area is 118 Å². The molecular weight excluding hydrogens is 260 g/mol. The van der Waals surface area contributed by atoms with Crippen LogP contribution in [0.15, 0.2) is 24.3 Å². The zero-order valence-electron chi connectivity index (χ0n) is 12.0. The van der Waals surface area contributed by atoms with Gasteiger partial charge in [0, 0.05) is 18.7 Å². The number of nitrogens with zero attached hydrogens (tertiary/aromatic N) is 2. The number of aliphatic carboxylic acids is 1. The van der Waals surface area contributed by atoms with Gasteiger partial charge in [-0.2, -0.15) is 0 Å². The van der Waals surface area contributed by atoms with Gasteiger partial charge in [0.2, 0.25) is 0 Å². The molecular formula is C14H20N2O4. The van der Waals surface area contributed by atoms with E-state index in [4.69, 9.17) is 9.84 Å². The van der Waals surface area contributed by atoms with Crippen LogP contribution in [0.2, 0.25) is 0 Å². The minimum absolute atomic E-state index is 0.312. The van der Waals surface area contributed by atoms with Crippen LogP contribution < -0.4 is 4.74 Å². The van der Waals surface area contributed by atoms with E-state index in [9.17, 15) is 9.59 Å². The second kappa shape index (κ2) is 7.49. The Morgan fingerprint density at radius 2 is 1.95 bits per heavy atom. The standard InChI is InChI=1S/C14H20N2O4/c1-15(2)7-8-16(10-13(17)18)14(19)11-5-4-6-12(9-11)20-3/h4-6,9H,7-8,10H2,1-3H3,(H,17,18). The number of carbonyl (C=O) groups is 2. The molecule has 0 spiro atoms. The van der Waals surface area contributed by atoms with Crippen molar-refractivity contribution in [3.8, 4) is 5.75 Å². The van der Waals surface area contributed by atoms with Crippen molar-refractivity contribution in [2.75, 3.05) is 40.8 Å². The van der Waals surface area contributed by atoms with Crippen LogP contribution in [0, 0.1) is 0 Å². The highest BCUT2D eigenvalue weighted by atomic mass is 16.5. The fourth-order valence-corrected chi connectivity index (χ4v) is 1.68. The molecule has 0 bridgehead atoms. The molecule has 0 aliphatic carbocycles. The molecule has 0 radical (unpaired) electrons. The highest BCUT2D eigenvalue weighted by Gasteiger charge is 2.18. The van der Waals surface area contributed by atoms with Crippen molar-refractivity contribution in [3.63, 3.8) is 0 Å². The fourth-order valence-electron chi connectivity index (χ4n) is 1.68. The zero-order valence-corrected chi connectivity index (χ0v) is 12.0. The molecule has 1 aromatic carbocycles. The van der Waals surface area contributed by atoms with Crippen molar-refractivity contribution in [2.45, 2.75) is 0 Å². The van der Waals surface area contributed by atoms with Crippen LogP contribution in [0.1, 0.15) is 10.4 Å². The summed E-state index contributed by atoms with van der Waals surface area (Å²) in [7, 11) is 5.26. The van der Waals surface area contributed by atoms with Crippen LogP contribution in [0.4, 0.5) is 0 Å². The van der Waals surface area contributed by atoms with Crippen molar-refractivity contribution < 1.29 is 19.4 Å². The largest absolute Gasteiger partial charge is 0.497 e. The highest BCUT2D eigenvalue weighted by Crippen LogP contribution is 2.14. The zero-order chi connectivity index (χ0) is 15.1. The van der Waals surface area contributed by atoms with Gasteiger partial charge in [-0.15, -0.1) is 0 Å². The number of carboxylic acid groups (broad SMARTS) is 1. The van der Waals surface area contributed by atoms with Gasteiger partial charge in [-0.1, -0.05) is 6.07 Å². The quantitative estimate of drug-likeness (QED) is 0.799. The number of hydrogen-bond acceptors (Lipinski definition) is 4. The Morgan fingerprint density at radius 1 is 1.25 bits per heavy atom. The molecule has 0 fully saturated rings. The summed E-state index contributed by atoms with van der Waals surface area (Å²) in [6.07, 6.45) is 0. The first-order chi connectivity index (χ1) is 9.43. The SMILES string of the molecule is COc1cccc(C(=O)N(CCN(C)C)CC(=O)O)c1. The van der Waals surface area contributed by atoms with Crippen molar-refractivity contribution in [2.24, 2.45) is 0 Å². The molecule has 0 heterocycles. The molecule has 6 heteroatoms. The molecule has 0 saturated heterocycles. The number of hydrogen-bond donors (Lipinski definition) is 1.